The number of hydrogen-bond donors (Lipinski definition) is 1. The number of esters is 1. The lowest BCUT2D eigenvalue weighted by atomic mass is 9.94. The summed E-state index contributed by atoms with van der Waals surface area (Å²) in [6.45, 7) is 1.65. The first-order valence-electron chi connectivity index (χ1n) is 8.61. The number of aromatic amines is 1. The summed E-state index contributed by atoms with van der Waals surface area (Å²) < 4.78 is 5.43. The molecule has 1 N–H and O–H groups in total. The molecule has 5 nitrogen and oxygen atoms in total. The van der Waals surface area contributed by atoms with Gasteiger partial charge in [-0.2, -0.15) is 0 Å². The van der Waals surface area contributed by atoms with Gasteiger partial charge in [0.1, 0.15) is 0 Å². The van der Waals surface area contributed by atoms with Gasteiger partial charge in [-0.1, -0.05) is 37.5 Å². The molecule has 24 heavy (non-hydrogen) atoms. The average molecular weight is 328 g/mol. The van der Waals surface area contributed by atoms with Crippen LogP contribution in [0.25, 0.3) is 10.9 Å². The number of carbonyl (C=O) groups is 2. The minimum absolute atomic E-state index is 0.130. The van der Waals surface area contributed by atoms with Crippen molar-refractivity contribution in [2.24, 2.45) is 0 Å². The molecule has 1 fully saturated rings. The van der Waals surface area contributed by atoms with Crippen LogP contribution >= 0.6 is 0 Å². The second-order valence-corrected chi connectivity index (χ2v) is 6.54. The molecule has 0 spiro atoms. The number of hydrogen-bond acceptors (Lipinski definition) is 3. The van der Waals surface area contributed by atoms with Gasteiger partial charge in [0.2, 0.25) is 0 Å². The fourth-order valence-corrected chi connectivity index (χ4v) is 3.45. The molecule has 1 amide bonds. The molecule has 1 aliphatic carbocycles. The van der Waals surface area contributed by atoms with Gasteiger partial charge in [0.15, 0.2) is 6.10 Å². The Hall–Kier alpha value is -2.30. The minimum Gasteiger partial charge on any atom is -0.449 e. The van der Waals surface area contributed by atoms with Crippen LogP contribution in [-0.4, -0.2) is 41.0 Å². The number of nitrogens with one attached hydrogen (secondary N) is 1. The zero-order valence-corrected chi connectivity index (χ0v) is 14.2. The largest absolute Gasteiger partial charge is 0.449 e. The number of aromatic nitrogens is 1. The van der Waals surface area contributed by atoms with E-state index < -0.39 is 12.1 Å². The molecular formula is C19H24N2O3. The molecule has 1 saturated carbocycles. The Kier molecular flexibility index (Phi) is 4.88. The maximum atomic E-state index is 12.6. The van der Waals surface area contributed by atoms with Crippen molar-refractivity contribution in [2.75, 3.05) is 7.05 Å². The number of carbonyl (C=O) groups excluding carboxylic acids is 2. The van der Waals surface area contributed by atoms with Gasteiger partial charge in [0, 0.05) is 30.2 Å². The van der Waals surface area contributed by atoms with E-state index >= 15 is 0 Å². The van der Waals surface area contributed by atoms with Crippen LogP contribution in [0.3, 0.4) is 0 Å². The Bertz CT molecular complexity index is 731. The highest BCUT2D eigenvalue weighted by Gasteiger charge is 2.28. The fraction of sp³-hybridized carbons (Fsp3) is 0.474. The molecule has 1 atom stereocenters. The zero-order valence-electron chi connectivity index (χ0n) is 14.2. The first-order chi connectivity index (χ1) is 11.6. The second-order valence-electron chi connectivity index (χ2n) is 6.54. The van der Waals surface area contributed by atoms with Gasteiger partial charge in [0.25, 0.3) is 5.91 Å². The van der Waals surface area contributed by atoms with Gasteiger partial charge in [-0.15, -0.1) is 0 Å². The topological polar surface area (TPSA) is 62.4 Å². The average Bonchev–Trinajstić information content (AvgIpc) is 3.05. The maximum absolute atomic E-state index is 12.6. The molecule has 1 heterocycles. The fourth-order valence-electron chi connectivity index (χ4n) is 3.45. The van der Waals surface area contributed by atoms with Crippen LogP contribution in [0, 0.1) is 0 Å². The number of H-pyrrole nitrogens is 1. The molecule has 0 unspecified atom stereocenters. The zero-order chi connectivity index (χ0) is 17.1. The van der Waals surface area contributed by atoms with Crippen LogP contribution in [0.15, 0.2) is 30.5 Å². The lowest BCUT2D eigenvalue weighted by Crippen LogP contribution is -2.44. The summed E-state index contributed by atoms with van der Waals surface area (Å²) in [5, 5.41) is 0.808. The smallest absolute Gasteiger partial charge is 0.341 e. The summed E-state index contributed by atoms with van der Waals surface area (Å²) in [6, 6.07) is 7.80. The lowest BCUT2D eigenvalue weighted by Gasteiger charge is -2.32. The van der Waals surface area contributed by atoms with Crippen LogP contribution < -0.4 is 0 Å². The van der Waals surface area contributed by atoms with Crippen LogP contribution in [-0.2, 0) is 9.53 Å². The van der Waals surface area contributed by atoms with Crippen LogP contribution in [0.2, 0.25) is 0 Å². The van der Waals surface area contributed by atoms with Crippen molar-refractivity contribution >= 4 is 22.8 Å². The van der Waals surface area contributed by atoms with Gasteiger partial charge < -0.3 is 14.6 Å². The van der Waals surface area contributed by atoms with Crippen molar-refractivity contribution in [1.82, 2.24) is 9.88 Å². The lowest BCUT2D eigenvalue weighted by molar-refractivity contribution is -0.141. The van der Waals surface area contributed by atoms with Crippen molar-refractivity contribution < 1.29 is 14.3 Å². The predicted molar refractivity (Wildman–Crippen MR) is 92.8 cm³/mol. The third kappa shape index (κ3) is 3.30. The Morgan fingerprint density at radius 1 is 1.21 bits per heavy atom. The van der Waals surface area contributed by atoms with E-state index in [1.807, 2.05) is 31.3 Å². The molecule has 1 aromatic carbocycles. The van der Waals surface area contributed by atoms with E-state index in [9.17, 15) is 9.59 Å². The van der Waals surface area contributed by atoms with E-state index in [0.29, 0.717) is 5.56 Å². The predicted octanol–water partition coefficient (Wildman–Crippen LogP) is 3.50. The van der Waals surface area contributed by atoms with Gasteiger partial charge >= 0.3 is 5.97 Å². The standard InChI is InChI=1S/C19H24N2O3/c1-13(18(22)21(2)14-8-4-3-5-9-14)24-19(23)16-12-20-17-11-7-6-10-15(16)17/h6-7,10-14,20H,3-5,8-9H2,1-2H3/t13-/m1/s1. The number of para-hydroxylation sites is 1. The molecule has 128 valence electrons. The van der Waals surface area contributed by atoms with Crippen LogP contribution in [0.5, 0.6) is 0 Å². The van der Waals surface area contributed by atoms with Crippen molar-refractivity contribution in [3.05, 3.63) is 36.0 Å². The highest BCUT2D eigenvalue weighted by atomic mass is 16.5. The number of ether oxygens (including phenoxy) is 1. The second kappa shape index (κ2) is 7.07. The third-order valence-corrected chi connectivity index (χ3v) is 4.91. The summed E-state index contributed by atoms with van der Waals surface area (Å²) >= 11 is 0. The van der Waals surface area contributed by atoms with E-state index in [-0.39, 0.29) is 11.9 Å². The Morgan fingerprint density at radius 2 is 1.92 bits per heavy atom. The first-order valence-corrected chi connectivity index (χ1v) is 8.61. The Labute approximate surface area is 142 Å². The van der Waals surface area contributed by atoms with Crippen LogP contribution in [0.4, 0.5) is 0 Å². The number of nitrogens with zero attached hydrogens (tertiary/aromatic N) is 1. The van der Waals surface area contributed by atoms with Gasteiger partial charge in [-0.25, -0.2) is 4.79 Å². The number of amides is 1. The summed E-state index contributed by atoms with van der Waals surface area (Å²) in [4.78, 5) is 29.8. The monoisotopic (exact) mass is 328 g/mol. The molecule has 0 aliphatic heterocycles. The molecule has 3 rings (SSSR count). The summed E-state index contributed by atoms with van der Waals surface area (Å²) in [6.07, 6.45) is 6.48. The molecule has 0 saturated heterocycles. The molecular weight excluding hydrogens is 304 g/mol. The maximum Gasteiger partial charge on any atom is 0.341 e. The Morgan fingerprint density at radius 3 is 2.67 bits per heavy atom. The van der Waals surface area contributed by atoms with Crippen molar-refractivity contribution in [3.8, 4) is 0 Å². The SMILES string of the molecule is C[C@@H](OC(=O)c1c[nH]c2ccccc12)C(=O)N(C)C1CCCCC1. The number of likely N-dealkylation sites (N-methyl/N-ethyl adjacent to an activating group) is 1. The number of benzene rings is 1. The molecule has 1 aromatic heterocycles. The third-order valence-electron chi connectivity index (χ3n) is 4.91. The quantitative estimate of drug-likeness (QED) is 0.874. The molecule has 2 aromatic rings. The normalized spacial score (nSPS) is 16.8. The van der Waals surface area contributed by atoms with Gasteiger partial charge in [-0.3, -0.25) is 4.79 Å². The van der Waals surface area contributed by atoms with E-state index in [0.717, 1.165) is 36.6 Å². The van der Waals surface area contributed by atoms with E-state index in [2.05, 4.69) is 4.98 Å². The van der Waals surface area contributed by atoms with E-state index in [1.165, 1.54) is 6.42 Å². The highest BCUT2D eigenvalue weighted by Crippen LogP contribution is 2.23. The van der Waals surface area contributed by atoms with E-state index in [4.69, 9.17) is 4.74 Å². The summed E-state index contributed by atoms with van der Waals surface area (Å²) in [5.41, 5.74) is 1.34. The highest BCUT2D eigenvalue weighted by molar-refractivity contribution is 6.04. The van der Waals surface area contributed by atoms with Gasteiger partial charge in [-0.05, 0) is 25.8 Å². The molecule has 0 bridgehead atoms. The van der Waals surface area contributed by atoms with Crippen LogP contribution in [0.1, 0.15) is 49.4 Å². The number of rotatable bonds is 4. The Balaban J connectivity index is 1.66. The van der Waals surface area contributed by atoms with Crippen molar-refractivity contribution in [2.45, 2.75) is 51.2 Å². The molecule has 5 heteroatoms. The van der Waals surface area contributed by atoms with Crippen molar-refractivity contribution in [1.29, 1.82) is 0 Å². The summed E-state index contributed by atoms with van der Waals surface area (Å²) in [5.74, 6) is -0.597. The summed E-state index contributed by atoms with van der Waals surface area (Å²) in [7, 11) is 1.81. The minimum atomic E-state index is -0.780. The van der Waals surface area contributed by atoms with Crippen molar-refractivity contribution in [3.63, 3.8) is 0 Å². The first kappa shape index (κ1) is 16.6. The molecule has 0 radical (unpaired) electrons. The van der Waals surface area contributed by atoms with Gasteiger partial charge in [0.05, 0.1) is 5.56 Å². The van der Waals surface area contributed by atoms with E-state index in [1.54, 1.807) is 18.0 Å². The molecule has 1 aliphatic rings. The number of fused-ring (bicyclic) bond motifs is 1.